The summed E-state index contributed by atoms with van der Waals surface area (Å²) in [4.78, 5) is 12.2. The number of nitrogens with zero attached hydrogens (tertiary/aromatic N) is 2. The molecule has 0 aliphatic carbocycles. The van der Waals surface area contributed by atoms with E-state index < -0.39 is 0 Å². The summed E-state index contributed by atoms with van der Waals surface area (Å²) in [6.45, 7) is 0. The van der Waals surface area contributed by atoms with Crippen LogP contribution in [0.25, 0.3) is 0 Å². The molecule has 7 heteroatoms. The Labute approximate surface area is 125 Å². The van der Waals surface area contributed by atoms with E-state index in [1.165, 1.54) is 0 Å². The van der Waals surface area contributed by atoms with Crippen LogP contribution in [-0.2, 0) is 0 Å². The molecule has 0 fully saturated rings. The van der Waals surface area contributed by atoms with Crippen molar-refractivity contribution < 1.29 is 4.79 Å². The maximum atomic E-state index is 12.2. The number of rotatable bonds is 2. The van der Waals surface area contributed by atoms with Crippen molar-refractivity contribution in [2.45, 2.75) is 0 Å². The summed E-state index contributed by atoms with van der Waals surface area (Å²) < 4.78 is 8.58. The quantitative estimate of drug-likeness (QED) is 0.547. The number of benzene rings is 2. The Morgan fingerprint density at radius 1 is 1.25 bits per heavy atom. The van der Waals surface area contributed by atoms with E-state index in [9.17, 15) is 4.79 Å². The number of halogens is 1. The second-order valence-electron chi connectivity index (χ2n) is 4.16. The van der Waals surface area contributed by atoms with Gasteiger partial charge in [0.25, 0.3) is 0 Å². The zero-order valence-corrected chi connectivity index (χ0v) is 12.6. The number of hydrogen-bond donors (Lipinski definition) is 2. The number of nitrogen functional groups attached to an aromatic ring is 1. The Bertz CT molecular complexity index is 764. The molecule has 3 rings (SSSR count). The number of nitrogens with two attached hydrogens (primary N) is 1. The van der Waals surface area contributed by atoms with Crippen LogP contribution in [0, 0.1) is 0 Å². The van der Waals surface area contributed by atoms with Gasteiger partial charge >= 0.3 is 126 Å². The van der Waals surface area contributed by atoms with E-state index in [2.05, 4.69) is 13.2 Å². The predicted octanol–water partition coefficient (Wildman–Crippen LogP) is 3.52. The minimum atomic E-state index is -0.276. The summed E-state index contributed by atoms with van der Waals surface area (Å²) in [5.41, 5.74) is 8.74. The van der Waals surface area contributed by atoms with Crippen molar-refractivity contribution in [2.24, 2.45) is 7.92 Å². The maximum absolute atomic E-state index is 12.2. The van der Waals surface area contributed by atoms with E-state index >= 15 is 0 Å². The third-order valence-corrected chi connectivity index (χ3v) is 4.07. The number of carbonyl (C=O) groups is 1. The summed E-state index contributed by atoms with van der Waals surface area (Å²) >= 11 is 5.76. The molecule has 100 valence electrons. The zero-order chi connectivity index (χ0) is 14.1. The molecule has 3 N–H and O–H groups in total. The fourth-order valence-electron chi connectivity index (χ4n) is 1.84. The standard InChI is InChI=1S/C13H9ClN4OSe/c14-8-4-7(5-9(15)6-8)13(19)16-10-2-1-3-11-12(10)18-20-17-11/h1-6H,15H2,(H,16,19). The van der Waals surface area contributed by atoms with Crippen molar-refractivity contribution >= 4 is 54.8 Å². The van der Waals surface area contributed by atoms with Crippen LogP contribution in [0.5, 0.6) is 0 Å². The van der Waals surface area contributed by atoms with Crippen molar-refractivity contribution in [3.8, 4) is 0 Å². The van der Waals surface area contributed by atoms with E-state index in [1.54, 1.807) is 24.3 Å². The van der Waals surface area contributed by atoms with E-state index in [0.717, 1.165) is 11.4 Å². The first-order valence-corrected chi connectivity index (χ1v) is 7.63. The average molecular weight is 352 g/mol. The molecule has 0 bridgehead atoms. The molecule has 5 nitrogen and oxygen atoms in total. The van der Waals surface area contributed by atoms with Gasteiger partial charge in [-0.05, 0) is 0 Å². The first kappa shape index (κ1) is 13.1. The van der Waals surface area contributed by atoms with Gasteiger partial charge in [0.05, 0.1) is 0 Å². The molecule has 0 aromatic heterocycles. The summed E-state index contributed by atoms with van der Waals surface area (Å²) in [5.74, 6) is -0.276. The monoisotopic (exact) mass is 352 g/mol. The molecule has 1 amide bonds. The van der Waals surface area contributed by atoms with Gasteiger partial charge in [-0.25, -0.2) is 0 Å². The average Bonchev–Trinajstić information content (AvgIpc) is 2.87. The fourth-order valence-corrected chi connectivity index (χ4v) is 3.24. The fraction of sp³-hybridized carbons (Fsp3) is 0. The van der Waals surface area contributed by atoms with Gasteiger partial charge in [0.1, 0.15) is 0 Å². The van der Waals surface area contributed by atoms with Crippen LogP contribution in [0.1, 0.15) is 10.4 Å². The van der Waals surface area contributed by atoms with Crippen molar-refractivity contribution in [3.05, 3.63) is 47.0 Å². The van der Waals surface area contributed by atoms with Gasteiger partial charge in [-0.2, -0.15) is 0 Å². The van der Waals surface area contributed by atoms with Crippen LogP contribution < -0.4 is 11.1 Å². The topological polar surface area (TPSA) is 79.8 Å². The van der Waals surface area contributed by atoms with E-state index in [4.69, 9.17) is 17.3 Å². The number of hydrogen-bond acceptors (Lipinski definition) is 4. The van der Waals surface area contributed by atoms with Gasteiger partial charge in [-0.15, -0.1) is 0 Å². The van der Waals surface area contributed by atoms with Gasteiger partial charge in [-0.1, -0.05) is 0 Å². The summed E-state index contributed by atoms with van der Waals surface area (Å²) in [6, 6.07) is 10.2. The Morgan fingerprint density at radius 2 is 2.10 bits per heavy atom. The van der Waals surface area contributed by atoms with Gasteiger partial charge in [0.15, 0.2) is 0 Å². The molecule has 0 spiro atoms. The van der Waals surface area contributed by atoms with E-state index in [-0.39, 0.29) is 20.5 Å². The minimum absolute atomic E-state index is 0.135. The Hall–Kier alpha value is -1.88. The number of amides is 1. The molecule has 1 heterocycles. The summed E-state index contributed by atoms with van der Waals surface area (Å²) in [7, 11) is 0. The van der Waals surface area contributed by atoms with Gasteiger partial charge < -0.3 is 0 Å². The molecule has 0 atom stereocenters. The zero-order valence-electron chi connectivity index (χ0n) is 10.1. The molecular formula is C13H9ClN4OSe. The summed E-state index contributed by atoms with van der Waals surface area (Å²) in [5, 5.41) is 3.24. The molecule has 20 heavy (non-hydrogen) atoms. The van der Waals surface area contributed by atoms with Crippen LogP contribution in [0.4, 0.5) is 22.7 Å². The van der Waals surface area contributed by atoms with Gasteiger partial charge in [0.2, 0.25) is 0 Å². The van der Waals surface area contributed by atoms with Crippen molar-refractivity contribution in [1.82, 2.24) is 0 Å². The van der Waals surface area contributed by atoms with E-state index in [1.807, 2.05) is 12.1 Å². The van der Waals surface area contributed by atoms with E-state index in [0.29, 0.717) is 22.0 Å². The molecule has 1 aliphatic rings. The van der Waals surface area contributed by atoms with Gasteiger partial charge in [-0.3, -0.25) is 0 Å². The molecule has 2 aromatic rings. The number of fused-ring (bicyclic) bond motifs is 1. The molecule has 0 saturated heterocycles. The van der Waals surface area contributed by atoms with Gasteiger partial charge in [0, 0.05) is 0 Å². The second-order valence-corrected chi connectivity index (χ2v) is 5.71. The number of anilines is 2. The van der Waals surface area contributed by atoms with Crippen LogP contribution in [0.15, 0.2) is 44.3 Å². The first-order chi connectivity index (χ1) is 9.63. The normalized spacial score (nSPS) is 11.8. The first-order valence-electron chi connectivity index (χ1n) is 5.72. The number of carbonyl (C=O) groups excluding carboxylic acids is 1. The van der Waals surface area contributed by atoms with Crippen LogP contribution in [0.3, 0.4) is 0 Å². The Morgan fingerprint density at radius 3 is 2.90 bits per heavy atom. The molecule has 0 saturated carbocycles. The molecule has 1 aliphatic heterocycles. The molecular weight excluding hydrogens is 343 g/mol. The third-order valence-electron chi connectivity index (χ3n) is 2.72. The van der Waals surface area contributed by atoms with Crippen molar-refractivity contribution in [1.29, 1.82) is 0 Å². The SMILES string of the molecule is Nc1cc(Cl)cc(C(=O)Nc2cccc3c2N=[Se]=N3)c1. The van der Waals surface area contributed by atoms with Crippen LogP contribution in [0.2, 0.25) is 5.02 Å². The number of nitrogens with one attached hydrogen (secondary N) is 1. The van der Waals surface area contributed by atoms with Crippen LogP contribution >= 0.6 is 11.6 Å². The predicted molar refractivity (Wildman–Crippen MR) is 80.2 cm³/mol. The molecule has 2 aromatic carbocycles. The van der Waals surface area contributed by atoms with Crippen molar-refractivity contribution in [2.75, 3.05) is 11.1 Å². The van der Waals surface area contributed by atoms with Crippen molar-refractivity contribution in [3.63, 3.8) is 0 Å². The van der Waals surface area contributed by atoms with Crippen LogP contribution in [-0.4, -0.2) is 20.5 Å². The second kappa shape index (κ2) is 5.25. The Kier molecular flexibility index (Phi) is 3.44. The third kappa shape index (κ3) is 2.54. The molecule has 0 radical (unpaired) electrons. The Balaban J connectivity index is 1.90. The molecule has 0 unspecified atom stereocenters. The summed E-state index contributed by atoms with van der Waals surface area (Å²) in [6.07, 6.45) is 0.